The Kier molecular flexibility index (Phi) is 4.50. The Morgan fingerprint density at radius 2 is 2.11 bits per heavy atom. The van der Waals surface area contributed by atoms with Crippen LogP contribution in [0.2, 0.25) is 0 Å². The van der Waals surface area contributed by atoms with Crippen molar-refractivity contribution in [2.75, 3.05) is 5.75 Å². The molecule has 0 aliphatic heterocycles. The second-order valence-electron chi connectivity index (χ2n) is 5.64. The molecule has 106 valence electrons. The minimum Gasteiger partial charge on any atom is -0.481 e. The molecule has 1 heterocycles. The predicted octanol–water partition coefficient (Wildman–Crippen LogP) is 3.10. The number of carbonyl (C=O) groups is 1. The van der Waals surface area contributed by atoms with Crippen LogP contribution in [0, 0.1) is 5.92 Å². The van der Waals surface area contributed by atoms with E-state index in [0.29, 0.717) is 17.0 Å². The Morgan fingerprint density at radius 3 is 2.68 bits per heavy atom. The molecule has 0 spiro atoms. The topological polar surface area (TPSA) is 76.2 Å². The molecule has 0 unspecified atom stereocenters. The van der Waals surface area contributed by atoms with Gasteiger partial charge in [0, 0.05) is 5.41 Å². The van der Waals surface area contributed by atoms with Crippen molar-refractivity contribution >= 4 is 17.7 Å². The molecule has 5 nitrogen and oxygen atoms in total. The predicted molar refractivity (Wildman–Crippen MR) is 72.3 cm³/mol. The third-order valence-corrected chi connectivity index (χ3v) is 4.34. The van der Waals surface area contributed by atoms with Crippen molar-refractivity contribution in [2.45, 2.75) is 56.6 Å². The Balaban J connectivity index is 2.12. The first-order valence-electron chi connectivity index (χ1n) is 6.70. The Labute approximate surface area is 117 Å². The third kappa shape index (κ3) is 3.49. The quantitative estimate of drug-likeness (QED) is 0.809. The van der Waals surface area contributed by atoms with E-state index >= 15 is 0 Å². The second kappa shape index (κ2) is 5.94. The van der Waals surface area contributed by atoms with Crippen LogP contribution in [0.25, 0.3) is 0 Å². The van der Waals surface area contributed by atoms with Gasteiger partial charge in [0.15, 0.2) is 0 Å². The van der Waals surface area contributed by atoms with E-state index < -0.39 is 5.97 Å². The second-order valence-corrected chi connectivity index (χ2v) is 6.57. The molecular formula is C13H20N2O3S. The van der Waals surface area contributed by atoms with Crippen LogP contribution in [0.5, 0.6) is 0 Å². The summed E-state index contributed by atoms with van der Waals surface area (Å²) in [7, 11) is 0. The van der Waals surface area contributed by atoms with Crippen molar-refractivity contribution in [2.24, 2.45) is 5.92 Å². The highest BCUT2D eigenvalue weighted by atomic mass is 32.2. The molecule has 0 atom stereocenters. The van der Waals surface area contributed by atoms with Gasteiger partial charge >= 0.3 is 5.97 Å². The number of aromatic nitrogens is 2. The van der Waals surface area contributed by atoms with Gasteiger partial charge in [-0.3, -0.25) is 4.79 Å². The average molecular weight is 284 g/mol. The Hall–Kier alpha value is -1.04. The number of nitrogens with zero attached hydrogens (tertiary/aromatic N) is 2. The maximum Gasteiger partial charge on any atom is 0.314 e. The van der Waals surface area contributed by atoms with Gasteiger partial charge in [0.05, 0.1) is 0 Å². The van der Waals surface area contributed by atoms with Crippen LogP contribution >= 0.6 is 11.8 Å². The monoisotopic (exact) mass is 284 g/mol. The molecule has 1 fully saturated rings. The van der Waals surface area contributed by atoms with Crippen LogP contribution in [0.15, 0.2) is 9.64 Å². The fraction of sp³-hybridized carbons (Fsp3) is 0.769. The smallest absolute Gasteiger partial charge is 0.314 e. The van der Waals surface area contributed by atoms with Crippen molar-refractivity contribution in [3.8, 4) is 0 Å². The lowest BCUT2D eigenvalue weighted by atomic mass is 9.78. The van der Waals surface area contributed by atoms with E-state index in [1.54, 1.807) is 0 Å². The highest BCUT2D eigenvalue weighted by molar-refractivity contribution is 7.99. The van der Waals surface area contributed by atoms with E-state index in [2.05, 4.69) is 24.0 Å². The van der Waals surface area contributed by atoms with Crippen LogP contribution in [-0.2, 0) is 10.2 Å². The van der Waals surface area contributed by atoms with Gasteiger partial charge in [-0.05, 0) is 25.2 Å². The molecule has 1 aliphatic carbocycles. The van der Waals surface area contributed by atoms with Gasteiger partial charge in [-0.25, -0.2) is 0 Å². The van der Waals surface area contributed by atoms with Crippen molar-refractivity contribution in [3.05, 3.63) is 5.89 Å². The lowest BCUT2D eigenvalue weighted by Gasteiger charge is -2.26. The van der Waals surface area contributed by atoms with Crippen molar-refractivity contribution in [1.29, 1.82) is 0 Å². The largest absolute Gasteiger partial charge is 0.481 e. The van der Waals surface area contributed by atoms with E-state index in [1.165, 1.54) is 12.8 Å². The first-order chi connectivity index (χ1) is 9.02. The maximum atomic E-state index is 10.5. The maximum absolute atomic E-state index is 10.5. The van der Waals surface area contributed by atoms with Crippen LogP contribution in [0.4, 0.5) is 0 Å². The molecule has 1 aliphatic rings. The van der Waals surface area contributed by atoms with Crippen LogP contribution in [0.1, 0.15) is 51.8 Å². The summed E-state index contributed by atoms with van der Waals surface area (Å²) < 4.78 is 5.70. The van der Waals surface area contributed by atoms with Gasteiger partial charge in [0.2, 0.25) is 5.89 Å². The third-order valence-electron chi connectivity index (χ3n) is 3.54. The lowest BCUT2D eigenvalue weighted by Crippen LogP contribution is -2.24. The van der Waals surface area contributed by atoms with Gasteiger partial charge in [-0.2, -0.15) is 0 Å². The van der Waals surface area contributed by atoms with Crippen molar-refractivity contribution < 1.29 is 14.3 Å². The molecule has 0 bridgehead atoms. The zero-order valence-corrected chi connectivity index (χ0v) is 12.2. The SMILES string of the molecule is CC(C)CC1(c2nnc(SCC(=O)O)o2)CCCC1. The molecule has 6 heteroatoms. The summed E-state index contributed by atoms with van der Waals surface area (Å²) in [5, 5.41) is 17.2. The van der Waals surface area contributed by atoms with Crippen LogP contribution in [0.3, 0.4) is 0 Å². The molecule has 19 heavy (non-hydrogen) atoms. The lowest BCUT2D eigenvalue weighted by molar-refractivity contribution is -0.133. The van der Waals surface area contributed by atoms with E-state index in [-0.39, 0.29) is 11.2 Å². The van der Waals surface area contributed by atoms with Crippen molar-refractivity contribution in [1.82, 2.24) is 10.2 Å². The van der Waals surface area contributed by atoms with E-state index in [1.807, 2.05) is 0 Å². The fourth-order valence-electron chi connectivity index (χ4n) is 2.94. The number of hydrogen-bond acceptors (Lipinski definition) is 5. The molecule has 2 rings (SSSR count). The molecule has 1 aromatic rings. The Bertz CT molecular complexity index is 439. The molecule has 0 saturated heterocycles. The summed E-state index contributed by atoms with van der Waals surface area (Å²) in [4.78, 5) is 10.5. The number of thioether (sulfide) groups is 1. The van der Waals surface area contributed by atoms with E-state index in [9.17, 15) is 4.79 Å². The zero-order valence-electron chi connectivity index (χ0n) is 11.4. The molecule has 1 saturated carbocycles. The summed E-state index contributed by atoms with van der Waals surface area (Å²) in [6.07, 6.45) is 5.64. The van der Waals surface area contributed by atoms with Gasteiger partial charge in [-0.1, -0.05) is 38.5 Å². The molecular weight excluding hydrogens is 264 g/mol. The first-order valence-corrected chi connectivity index (χ1v) is 7.69. The molecule has 1 N–H and O–H groups in total. The molecule has 0 aromatic carbocycles. The van der Waals surface area contributed by atoms with E-state index in [0.717, 1.165) is 31.0 Å². The Morgan fingerprint density at radius 1 is 1.42 bits per heavy atom. The van der Waals surface area contributed by atoms with Crippen LogP contribution < -0.4 is 0 Å². The highest BCUT2D eigenvalue weighted by Gasteiger charge is 2.40. The number of aliphatic carboxylic acids is 1. The summed E-state index contributed by atoms with van der Waals surface area (Å²) >= 11 is 1.09. The highest BCUT2D eigenvalue weighted by Crippen LogP contribution is 2.45. The van der Waals surface area contributed by atoms with Gasteiger partial charge in [0.25, 0.3) is 5.22 Å². The number of rotatable bonds is 6. The van der Waals surface area contributed by atoms with Crippen molar-refractivity contribution in [3.63, 3.8) is 0 Å². The van der Waals surface area contributed by atoms with Gasteiger partial charge in [0.1, 0.15) is 5.75 Å². The zero-order chi connectivity index (χ0) is 13.9. The molecule has 0 radical (unpaired) electrons. The standard InChI is InChI=1S/C13H20N2O3S/c1-9(2)7-13(5-3-4-6-13)11-14-15-12(18-11)19-8-10(16)17/h9H,3-8H2,1-2H3,(H,16,17). The normalized spacial score (nSPS) is 18.1. The fourth-order valence-corrected chi connectivity index (χ4v) is 3.43. The number of carboxylic acid groups (broad SMARTS) is 1. The number of hydrogen-bond donors (Lipinski definition) is 1. The summed E-state index contributed by atoms with van der Waals surface area (Å²) in [6.45, 7) is 4.41. The summed E-state index contributed by atoms with van der Waals surface area (Å²) in [5.41, 5.74) is 0.0171. The summed E-state index contributed by atoms with van der Waals surface area (Å²) in [6, 6.07) is 0. The minimum atomic E-state index is -0.873. The van der Waals surface area contributed by atoms with Gasteiger partial charge < -0.3 is 9.52 Å². The minimum absolute atomic E-state index is 0.0171. The number of carboxylic acids is 1. The average Bonchev–Trinajstić information content (AvgIpc) is 2.94. The summed E-state index contributed by atoms with van der Waals surface area (Å²) in [5.74, 6) is 0.368. The molecule has 1 aromatic heterocycles. The van der Waals surface area contributed by atoms with E-state index in [4.69, 9.17) is 9.52 Å². The van der Waals surface area contributed by atoms with Gasteiger partial charge in [-0.15, -0.1) is 10.2 Å². The first kappa shape index (κ1) is 14.4. The molecule has 0 amide bonds. The van der Waals surface area contributed by atoms with Crippen LogP contribution in [-0.4, -0.2) is 27.0 Å².